The van der Waals surface area contributed by atoms with Crippen molar-refractivity contribution >= 4 is 29.3 Å². The summed E-state index contributed by atoms with van der Waals surface area (Å²) >= 11 is 1.31. The molecule has 1 aliphatic heterocycles. The quantitative estimate of drug-likeness (QED) is 0.736. The van der Waals surface area contributed by atoms with Gasteiger partial charge in [0.05, 0.1) is 15.8 Å². The Morgan fingerprint density at radius 3 is 2.81 bits per heavy atom. The molecule has 0 saturated carbocycles. The number of carboxylic acid groups (broad SMARTS) is 1. The van der Waals surface area contributed by atoms with Gasteiger partial charge in [-0.05, 0) is 5.92 Å². The maximum absolute atomic E-state index is 11.7. The number of carbonyl (C=O) groups excluding carboxylic acids is 1. The van der Waals surface area contributed by atoms with Crippen molar-refractivity contribution in [2.45, 2.75) is 24.0 Å². The van der Waals surface area contributed by atoms with Crippen molar-refractivity contribution in [3.05, 3.63) is 11.9 Å². The van der Waals surface area contributed by atoms with Gasteiger partial charge in [0, 0.05) is 6.20 Å². The predicted octanol–water partition coefficient (Wildman–Crippen LogP) is 1.78. The second-order valence-electron chi connectivity index (χ2n) is 3.98. The van der Waals surface area contributed by atoms with Crippen molar-refractivity contribution in [2.24, 2.45) is 5.92 Å². The van der Waals surface area contributed by atoms with E-state index < -0.39 is 5.97 Å². The third-order valence-electron chi connectivity index (χ3n) is 2.41. The Kier molecular flexibility index (Phi) is 2.67. The Morgan fingerprint density at radius 1 is 1.56 bits per heavy atom. The number of rotatable bonds is 2. The van der Waals surface area contributed by atoms with Gasteiger partial charge in [-0.3, -0.25) is 4.79 Å². The number of hydrogen-bond donors (Lipinski definition) is 3. The third kappa shape index (κ3) is 1.69. The van der Waals surface area contributed by atoms with Crippen LogP contribution < -0.4 is 5.32 Å². The highest BCUT2D eigenvalue weighted by Crippen LogP contribution is 2.40. The molecular weight excluding hydrogens is 228 g/mol. The predicted molar refractivity (Wildman–Crippen MR) is 60.9 cm³/mol. The molecule has 0 aromatic carbocycles. The van der Waals surface area contributed by atoms with Crippen LogP contribution in [0.25, 0.3) is 0 Å². The summed E-state index contributed by atoms with van der Waals surface area (Å²) in [7, 11) is 0. The minimum absolute atomic E-state index is 0.0663. The first-order chi connectivity index (χ1) is 7.50. The van der Waals surface area contributed by atoms with E-state index in [2.05, 4.69) is 10.3 Å². The number of anilines is 1. The smallest absolute Gasteiger partial charge is 0.353 e. The van der Waals surface area contributed by atoms with E-state index in [1.807, 2.05) is 13.8 Å². The van der Waals surface area contributed by atoms with Crippen molar-refractivity contribution in [3.8, 4) is 0 Å². The molecule has 1 aliphatic rings. The highest BCUT2D eigenvalue weighted by atomic mass is 32.2. The standard InChI is InChI=1S/C10H12N2O3S/c1-4(2)7-9(13)12-5-3-11-6(10(14)15)8(5)16-7/h3-4,7,11H,1-2H3,(H,12,13)(H,14,15). The largest absolute Gasteiger partial charge is 0.477 e. The number of carboxylic acids is 1. The summed E-state index contributed by atoms with van der Waals surface area (Å²) in [5.41, 5.74) is 0.704. The Bertz CT molecular complexity index is 453. The maximum atomic E-state index is 11.7. The number of aromatic amines is 1. The molecule has 6 heteroatoms. The summed E-state index contributed by atoms with van der Waals surface area (Å²) in [6.07, 6.45) is 1.51. The number of aromatic nitrogens is 1. The number of aromatic carboxylic acids is 1. The Labute approximate surface area is 96.6 Å². The molecule has 1 aromatic rings. The molecule has 0 bridgehead atoms. The Balaban J connectivity index is 2.39. The van der Waals surface area contributed by atoms with Crippen LogP contribution in [0.5, 0.6) is 0 Å². The van der Waals surface area contributed by atoms with Crippen molar-refractivity contribution in [1.82, 2.24) is 4.98 Å². The summed E-state index contributed by atoms with van der Waals surface area (Å²) in [5.74, 6) is -0.912. The van der Waals surface area contributed by atoms with Gasteiger partial charge in [0.2, 0.25) is 5.91 Å². The molecule has 0 saturated heterocycles. The van der Waals surface area contributed by atoms with E-state index in [1.165, 1.54) is 18.0 Å². The van der Waals surface area contributed by atoms with E-state index in [4.69, 9.17) is 5.11 Å². The van der Waals surface area contributed by atoms with Gasteiger partial charge in [-0.2, -0.15) is 0 Å². The molecule has 0 aliphatic carbocycles. The SMILES string of the molecule is CC(C)C1Sc2c(c[nH]c2C(=O)O)NC1=O. The average molecular weight is 240 g/mol. The van der Waals surface area contributed by atoms with E-state index in [9.17, 15) is 9.59 Å². The highest BCUT2D eigenvalue weighted by molar-refractivity contribution is 8.01. The molecule has 3 N–H and O–H groups in total. The van der Waals surface area contributed by atoms with Gasteiger partial charge in [-0.1, -0.05) is 13.8 Å². The van der Waals surface area contributed by atoms with E-state index in [0.717, 1.165) is 0 Å². The second kappa shape index (κ2) is 3.86. The topological polar surface area (TPSA) is 82.2 Å². The van der Waals surface area contributed by atoms with E-state index >= 15 is 0 Å². The summed E-state index contributed by atoms with van der Waals surface area (Å²) in [5, 5.41) is 11.4. The number of H-pyrrole nitrogens is 1. The number of carbonyl (C=O) groups is 2. The number of fused-ring (bicyclic) bond motifs is 1. The zero-order chi connectivity index (χ0) is 11.9. The van der Waals surface area contributed by atoms with Crippen LogP contribution >= 0.6 is 11.8 Å². The first-order valence-electron chi connectivity index (χ1n) is 4.93. The minimum atomic E-state index is -1.01. The van der Waals surface area contributed by atoms with Gasteiger partial charge >= 0.3 is 5.97 Å². The fourth-order valence-corrected chi connectivity index (χ4v) is 2.80. The van der Waals surface area contributed by atoms with Crippen LogP contribution in [0.1, 0.15) is 24.3 Å². The fourth-order valence-electron chi connectivity index (χ4n) is 1.61. The van der Waals surface area contributed by atoms with Crippen LogP contribution in [0.15, 0.2) is 11.1 Å². The molecule has 2 heterocycles. The van der Waals surface area contributed by atoms with Crippen LogP contribution in [-0.4, -0.2) is 27.2 Å². The number of hydrogen-bond acceptors (Lipinski definition) is 3. The van der Waals surface area contributed by atoms with Crippen molar-refractivity contribution < 1.29 is 14.7 Å². The summed E-state index contributed by atoms with van der Waals surface area (Å²) in [6, 6.07) is 0. The molecule has 5 nitrogen and oxygen atoms in total. The molecule has 1 atom stereocenters. The molecule has 86 valence electrons. The first kappa shape index (κ1) is 11.1. The van der Waals surface area contributed by atoms with Gasteiger partial charge in [0.25, 0.3) is 0 Å². The van der Waals surface area contributed by atoms with Crippen molar-refractivity contribution in [3.63, 3.8) is 0 Å². The monoisotopic (exact) mass is 240 g/mol. The van der Waals surface area contributed by atoms with Crippen LogP contribution in [0.3, 0.4) is 0 Å². The minimum Gasteiger partial charge on any atom is -0.477 e. The lowest BCUT2D eigenvalue weighted by Crippen LogP contribution is -2.32. The molecular formula is C10H12N2O3S. The third-order valence-corrected chi connectivity index (χ3v) is 4.09. The Morgan fingerprint density at radius 2 is 2.25 bits per heavy atom. The van der Waals surface area contributed by atoms with Crippen LogP contribution in [0, 0.1) is 5.92 Å². The van der Waals surface area contributed by atoms with Gasteiger partial charge in [0.15, 0.2) is 0 Å². The summed E-state index contributed by atoms with van der Waals surface area (Å²) < 4.78 is 0. The normalized spacial score (nSPS) is 19.4. The highest BCUT2D eigenvalue weighted by Gasteiger charge is 2.33. The van der Waals surface area contributed by atoms with Crippen molar-refractivity contribution in [2.75, 3.05) is 5.32 Å². The summed E-state index contributed by atoms with van der Waals surface area (Å²) in [4.78, 5) is 25.9. The molecule has 2 rings (SSSR count). The zero-order valence-electron chi connectivity index (χ0n) is 8.90. The average Bonchev–Trinajstić information content (AvgIpc) is 2.58. The molecule has 1 unspecified atom stereocenters. The molecule has 1 amide bonds. The lowest BCUT2D eigenvalue weighted by atomic mass is 10.1. The van der Waals surface area contributed by atoms with Gasteiger partial charge < -0.3 is 15.4 Å². The Hall–Kier alpha value is -1.43. The van der Waals surface area contributed by atoms with Crippen molar-refractivity contribution in [1.29, 1.82) is 0 Å². The van der Waals surface area contributed by atoms with E-state index in [1.54, 1.807) is 0 Å². The first-order valence-corrected chi connectivity index (χ1v) is 5.81. The molecule has 0 spiro atoms. The van der Waals surface area contributed by atoms with Gasteiger partial charge in [-0.15, -0.1) is 11.8 Å². The van der Waals surface area contributed by atoms with E-state index in [-0.39, 0.29) is 22.8 Å². The lowest BCUT2D eigenvalue weighted by molar-refractivity contribution is -0.116. The van der Waals surface area contributed by atoms with Crippen LogP contribution in [-0.2, 0) is 4.79 Å². The second-order valence-corrected chi connectivity index (χ2v) is 5.14. The fraction of sp³-hybridized carbons (Fsp3) is 0.400. The van der Waals surface area contributed by atoms with E-state index in [0.29, 0.717) is 10.6 Å². The summed E-state index contributed by atoms with van der Waals surface area (Å²) in [6.45, 7) is 3.88. The zero-order valence-corrected chi connectivity index (χ0v) is 9.72. The number of nitrogens with one attached hydrogen (secondary N) is 2. The number of amides is 1. The maximum Gasteiger partial charge on any atom is 0.353 e. The van der Waals surface area contributed by atoms with Crippen LogP contribution in [0.2, 0.25) is 0 Å². The van der Waals surface area contributed by atoms with Gasteiger partial charge in [-0.25, -0.2) is 4.79 Å². The number of thioether (sulfide) groups is 1. The molecule has 0 radical (unpaired) electrons. The van der Waals surface area contributed by atoms with Gasteiger partial charge in [0.1, 0.15) is 5.69 Å². The molecule has 0 fully saturated rings. The van der Waals surface area contributed by atoms with Crippen LogP contribution in [0.4, 0.5) is 5.69 Å². The molecule has 1 aromatic heterocycles. The molecule has 16 heavy (non-hydrogen) atoms. The lowest BCUT2D eigenvalue weighted by Gasteiger charge is -2.24.